The van der Waals surface area contributed by atoms with Gasteiger partial charge in [0.2, 0.25) is 0 Å². The minimum Gasteiger partial charge on any atom is -0.375 e. The number of hydrogen-bond acceptors (Lipinski definition) is 4. The summed E-state index contributed by atoms with van der Waals surface area (Å²) in [6.45, 7) is 1.47. The average molecular weight is 444 g/mol. The number of carbonyl (C=O) groups is 2. The van der Waals surface area contributed by atoms with Crippen LogP contribution in [0.4, 0.5) is 11.4 Å². The summed E-state index contributed by atoms with van der Waals surface area (Å²) in [4.78, 5) is 28.6. The van der Waals surface area contributed by atoms with Gasteiger partial charge in [-0.2, -0.15) is 0 Å². The molecule has 3 aromatic rings. The summed E-state index contributed by atoms with van der Waals surface area (Å²) in [6.07, 6.45) is 2.70. The number of nitrogens with zero attached hydrogens (tertiary/aromatic N) is 1. The minimum atomic E-state index is -0.115. The van der Waals surface area contributed by atoms with Crippen LogP contribution in [0.15, 0.2) is 88.7 Å². The zero-order valence-corrected chi connectivity index (χ0v) is 18.7. The normalized spacial score (nSPS) is 13.9. The molecule has 0 atom stereocenters. The van der Waals surface area contributed by atoms with Gasteiger partial charge in [0.25, 0.3) is 11.8 Å². The van der Waals surface area contributed by atoms with Crippen LogP contribution < -0.4 is 15.5 Å². The Hall–Kier alpha value is -3.51. The highest BCUT2D eigenvalue weighted by molar-refractivity contribution is 8.04. The van der Waals surface area contributed by atoms with Gasteiger partial charge in [0, 0.05) is 36.3 Å². The third-order valence-corrected chi connectivity index (χ3v) is 6.30. The van der Waals surface area contributed by atoms with Crippen molar-refractivity contribution in [2.24, 2.45) is 0 Å². The lowest BCUT2D eigenvalue weighted by Gasteiger charge is -2.19. The zero-order chi connectivity index (χ0) is 22.3. The van der Waals surface area contributed by atoms with Crippen LogP contribution in [0.25, 0.3) is 6.08 Å². The van der Waals surface area contributed by atoms with Crippen molar-refractivity contribution in [3.8, 4) is 0 Å². The van der Waals surface area contributed by atoms with Crippen LogP contribution in [0, 0.1) is 0 Å². The van der Waals surface area contributed by atoms with Crippen LogP contribution in [0.2, 0.25) is 0 Å². The predicted octanol–water partition coefficient (Wildman–Crippen LogP) is 5.03. The number of carbonyl (C=O) groups excluding carboxylic acids is 2. The monoisotopic (exact) mass is 443 g/mol. The van der Waals surface area contributed by atoms with E-state index in [2.05, 4.69) is 27.7 Å². The molecule has 0 saturated carbocycles. The molecule has 1 aliphatic heterocycles. The Balaban J connectivity index is 1.29. The maximum atomic E-state index is 12.4. The van der Waals surface area contributed by atoms with Gasteiger partial charge in [-0.3, -0.25) is 9.59 Å². The number of nitrogens with one attached hydrogen (secondary N) is 2. The molecule has 1 aliphatic rings. The number of thioether (sulfide) groups is 1. The maximum absolute atomic E-state index is 12.4. The molecule has 162 valence electrons. The molecule has 0 unspecified atom stereocenters. The van der Waals surface area contributed by atoms with Crippen LogP contribution in [0.1, 0.15) is 22.3 Å². The molecule has 0 spiro atoms. The Kier molecular flexibility index (Phi) is 6.92. The molecule has 0 radical (unpaired) electrons. The van der Waals surface area contributed by atoms with Crippen molar-refractivity contribution < 1.29 is 9.59 Å². The van der Waals surface area contributed by atoms with Gasteiger partial charge in [-0.25, -0.2) is 0 Å². The van der Waals surface area contributed by atoms with E-state index in [0.29, 0.717) is 17.0 Å². The molecule has 2 amide bonds. The van der Waals surface area contributed by atoms with Gasteiger partial charge in [-0.15, -0.1) is 0 Å². The number of fused-ring (bicyclic) bond motifs is 1. The molecule has 0 saturated heterocycles. The van der Waals surface area contributed by atoms with Crippen molar-refractivity contribution >= 4 is 41.0 Å². The number of anilines is 2. The van der Waals surface area contributed by atoms with Gasteiger partial charge >= 0.3 is 0 Å². The zero-order valence-electron chi connectivity index (χ0n) is 17.9. The summed E-state index contributed by atoms with van der Waals surface area (Å²) in [5, 5.41) is 5.89. The summed E-state index contributed by atoms with van der Waals surface area (Å²) >= 11 is 1.45. The Bertz CT molecular complexity index is 1130. The molecule has 0 fully saturated rings. The van der Waals surface area contributed by atoms with Crippen molar-refractivity contribution in [2.45, 2.75) is 11.3 Å². The van der Waals surface area contributed by atoms with Crippen molar-refractivity contribution in [3.05, 3.63) is 94.9 Å². The Morgan fingerprint density at radius 2 is 1.72 bits per heavy atom. The highest BCUT2D eigenvalue weighted by Gasteiger charge is 2.20. The molecule has 4 rings (SSSR count). The van der Waals surface area contributed by atoms with Crippen LogP contribution in [0.5, 0.6) is 0 Å². The second kappa shape index (κ2) is 10.2. The molecule has 6 heteroatoms. The highest BCUT2D eigenvalue weighted by atomic mass is 32.2. The van der Waals surface area contributed by atoms with Crippen LogP contribution >= 0.6 is 11.8 Å². The first-order chi connectivity index (χ1) is 15.6. The molecule has 5 nitrogen and oxygen atoms in total. The van der Waals surface area contributed by atoms with Crippen LogP contribution in [0.3, 0.4) is 0 Å². The first-order valence-electron chi connectivity index (χ1n) is 10.5. The van der Waals surface area contributed by atoms with E-state index >= 15 is 0 Å². The topological polar surface area (TPSA) is 61.4 Å². The average Bonchev–Trinajstić information content (AvgIpc) is 2.83. The van der Waals surface area contributed by atoms with Gasteiger partial charge in [0.1, 0.15) is 0 Å². The second-order valence-corrected chi connectivity index (χ2v) is 8.63. The molecular formula is C26H25N3O2S. The minimum absolute atomic E-state index is 0.0923. The van der Waals surface area contributed by atoms with E-state index in [4.69, 9.17) is 0 Å². The molecule has 0 aliphatic carbocycles. The SMILES string of the molecule is CN(CCCNC(=O)c1ccc(/C=C2/Sc3ccccc3NC2=O)cc1)c1ccccc1. The lowest BCUT2D eigenvalue weighted by molar-refractivity contribution is -0.112. The number of benzene rings is 3. The summed E-state index contributed by atoms with van der Waals surface area (Å²) in [5.74, 6) is -0.207. The molecule has 0 aromatic heterocycles. The van der Waals surface area contributed by atoms with E-state index < -0.39 is 0 Å². The first-order valence-corrected chi connectivity index (χ1v) is 11.4. The number of hydrogen-bond donors (Lipinski definition) is 2. The lowest BCUT2D eigenvalue weighted by Crippen LogP contribution is -2.28. The fourth-order valence-corrected chi connectivity index (χ4v) is 4.37. The Morgan fingerprint density at radius 1 is 1.00 bits per heavy atom. The van der Waals surface area contributed by atoms with E-state index in [1.165, 1.54) is 11.8 Å². The quantitative estimate of drug-likeness (QED) is 0.397. The van der Waals surface area contributed by atoms with Crippen LogP contribution in [-0.2, 0) is 4.79 Å². The van der Waals surface area contributed by atoms with E-state index in [1.807, 2.05) is 67.7 Å². The first kappa shape index (κ1) is 21.7. The summed E-state index contributed by atoms with van der Waals surface area (Å²) < 4.78 is 0. The van der Waals surface area contributed by atoms with Gasteiger partial charge in [-0.1, -0.05) is 54.2 Å². The van der Waals surface area contributed by atoms with Gasteiger partial charge in [0.05, 0.1) is 10.6 Å². The molecule has 32 heavy (non-hydrogen) atoms. The second-order valence-electron chi connectivity index (χ2n) is 7.55. The Labute approximate surface area is 192 Å². The molecule has 0 bridgehead atoms. The van der Waals surface area contributed by atoms with Crippen molar-refractivity contribution in [2.75, 3.05) is 30.4 Å². The van der Waals surface area contributed by atoms with Gasteiger partial charge in [-0.05, 0) is 54.5 Å². The molecular weight excluding hydrogens is 418 g/mol. The maximum Gasteiger partial charge on any atom is 0.262 e. The summed E-state index contributed by atoms with van der Waals surface area (Å²) in [5.41, 5.74) is 3.48. The van der Waals surface area contributed by atoms with Crippen LogP contribution in [-0.4, -0.2) is 32.0 Å². The highest BCUT2D eigenvalue weighted by Crippen LogP contribution is 2.38. The lowest BCUT2D eigenvalue weighted by atomic mass is 10.1. The third-order valence-electron chi connectivity index (χ3n) is 5.20. The van der Waals surface area contributed by atoms with Crippen molar-refractivity contribution in [1.29, 1.82) is 0 Å². The smallest absolute Gasteiger partial charge is 0.262 e. The Morgan fingerprint density at radius 3 is 2.50 bits per heavy atom. The number of amides is 2. The summed E-state index contributed by atoms with van der Waals surface area (Å²) in [6, 6.07) is 25.2. The van der Waals surface area contributed by atoms with E-state index in [-0.39, 0.29) is 11.8 Å². The largest absolute Gasteiger partial charge is 0.375 e. The fourth-order valence-electron chi connectivity index (χ4n) is 3.42. The standard InChI is InChI=1S/C26H25N3O2S/c1-29(21-8-3-2-4-9-21)17-7-16-27-25(30)20-14-12-19(13-15-20)18-24-26(31)28-22-10-5-6-11-23(22)32-24/h2-6,8-15,18H,7,16-17H2,1H3,(H,27,30)(H,28,31)/b24-18+. The summed E-state index contributed by atoms with van der Waals surface area (Å²) in [7, 11) is 2.05. The van der Waals surface area contributed by atoms with Gasteiger partial charge < -0.3 is 15.5 Å². The van der Waals surface area contributed by atoms with E-state index in [1.54, 1.807) is 12.1 Å². The fraction of sp³-hybridized carbons (Fsp3) is 0.154. The predicted molar refractivity (Wildman–Crippen MR) is 132 cm³/mol. The molecule has 3 aromatic carbocycles. The van der Waals surface area contributed by atoms with E-state index in [0.717, 1.165) is 34.8 Å². The van der Waals surface area contributed by atoms with Gasteiger partial charge in [0.15, 0.2) is 0 Å². The molecule has 1 heterocycles. The van der Waals surface area contributed by atoms with Crippen molar-refractivity contribution in [3.63, 3.8) is 0 Å². The molecule has 2 N–H and O–H groups in total. The number of rotatable bonds is 7. The van der Waals surface area contributed by atoms with Crippen molar-refractivity contribution in [1.82, 2.24) is 5.32 Å². The van der Waals surface area contributed by atoms with E-state index in [9.17, 15) is 9.59 Å². The third kappa shape index (κ3) is 5.39. The number of para-hydroxylation sites is 2.